The second-order valence-corrected chi connectivity index (χ2v) is 10.3. The number of piperazine rings is 1. The molecule has 29 heavy (non-hydrogen) atoms. The van der Waals surface area contributed by atoms with E-state index >= 15 is 0 Å². The minimum atomic E-state index is -3.09. The lowest BCUT2D eigenvalue weighted by atomic mass is 10.1. The molecule has 2 saturated heterocycles. The van der Waals surface area contributed by atoms with Gasteiger partial charge in [-0.25, -0.2) is 12.8 Å². The van der Waals surface area contributed by atoms with Gasteiger partial charge in [0.25, 0.3) is 0 Å². The van der Waals surface area contributed by atoms with E-state index in [1.165, 1.54) is 17.0 Å². The molecule has 0 aromatic heterocycles. The van der Waals surface area contributed by atoms with Crippen LogP contribution in [0.3, 0.4) is 0 Å². The number of halogens is 2. The van der Waals surface area contributed by atoms with Gasteiger partial charge in [0.05, 0.1) is 24.0 Å². The van der Waals surface area contributed by atoms with Gasteiger partial charge in [0.2, 0.25) is 11.8 Å². The maximum atomic E-state index is 13.9. The van der Waals surface area contributed by atoms with E-state index in [1.807, 2.05) is 4.90 Å². The van der Waals surface area contributed by atoms with Crippen LogP contribution in [0.5, 0.6) is 0 Å². The van der Waals surface area contributed by atoms with Gasteiger partial charge in [0.15, 0.2) is 9.84 Å². The summed E-state index contributed by atoms with van der Waals surface area (Å²) in [6.45, 7) is 2.24. The third-order valence-electron chi connectivity index (χ3n) is 5.51. The maximum Gasteiger partial charge on any atom is 0.236 e. The fourth-order valence-electron chi connectivity index (χ4n) is 3.70. The predicted octanol–water partition coefficient (Wildman–Crippen LogP) is 1.02. The molecule has 0 unspecified atom stereocenters. The van der Waals surface area contributed by atoms with Crippen LogP contribution in [0.2, 0.25) is 5.02 Å². The summed E-state index contributed by atoms with van der Waals surface area (Å²) >= 11 is 6.02. The van der Waals surface area contributed by atoms with E-state index in [1.54, 1.807) is 18.0 Å². The van der Waals surface area contributed by atoms with Crippen molar-refractivity contribution in [3.8, 4) is 0 Å². The van der Waals surface area contributed by atoms with E-state index in [-0.39, 0.29) is 47.0 Å². The molecule has 2 aliphatic rings. The van der Waals surface area contributed by atoms with Gasteiger partial charge in [-0.2, -0.15) is 0 Å². The molecule has 0 saturated carbocycles. The lowest BCUT2D eigenvalue weighted by molar-refractivity contribution is -0.137. The number of likely N-dealkylation sites (N-methyl/N-ethyl adjacent to an activating group) is 1. The Kier molecular flexibility index (Phi) is 6.80. The molecule has 1 aromatic rings. The molecular weight excluding hydrogens is 421 g/mol. The fourth-order valence-corrected chi connectivity index (χ4v) is 5.65. The van der Waals surface area contributed by atoms with E-state index in [2.05, 4.69) is 0 Å². The van der Waals surface area contributed by atoms with Gasteiger partial charge in [-0.05, 0) is 18.6 Å². The summed E-state index contributed by atoms with van der Waals surface area (Å²) < 4.78 is 37.1. The monoisotopic (exact) mass is 445 g/mol. The summed E-state index contributed by atoms with van der Waals surface area (Å²) in [6.07, 6.45) is 0.392. The van der Waals surface area contributed by atoms with Crippen molar-refractivity contribution in [2.24, 2.45) is 5.92 Å². The summed E-state index contributed by atoms with van der Waals surface area (Å²) in [5, 5.41) is 0.283. The topological polar surface area (TPSA) is 78.0 Å². The number of hydrogen-bond donors (Lipinski definition) is 0. The Morgan fingerprint density at radius 3 is 2.52 bits per heavy atom. The third kappa shape index (κ3) is 5.46. The number of hydrogen-bond acceptors (Lipinski definition) is 5. The molecule has 0 spiro atoms. The van der Waals surface area contributed by atoms with Crippen molar-refractivity contribution < 1.29 is 22.4 Å². The van der Waals surface area contributed by atoms with Gasteiger partial charge < -0.3 is 9.80 Å². The molecule has 0 N–H and O–H groups in total. The lowest BCUT2D eigenvalue weighted by Gasteiger charge is -2.36. The van der Waals surface area contributed by atoms with Gasteiger partial charge >= 0.3 is 0 Å². The summed E-state index contributed by atoms with van der Waals surface area (Å²) in [4.78, 5) is 30.1. The summed E-state index contributed by atoms with van der Waals surface area (Å²) in [7, 11) is -1.49. The minimum absolute atomic E-state index is 0.0616. The van der Waals surface area contributed by atoms with Crippen LogP contribution in [0.15, 0.2) is 18.2 Å². The molecule has 1 atom stereocenters. The van der Waals surface area contributed by atoms with Crippen molar-refractivity contribution in [3.05, 3.63) is 34.6 Å². The Labute approximate surface area is 175 Å². The van der Waals surface area contributed by atoms with Crippen molar-refractivity contribution in [1.82, 2.24) is 14.7 Å². The van der Waals surface area contributed by atoms with Crippen molar-refractivity contribution in [2.45, 2.75) is 13.0 Å². The highest BCUT2D eigenvalue weighted by Gasteiger charge is 2.36. The number of nitrogens with zero attached hydrogens (tertiary/aromatic N) is 3. The van der Waals surface area contributed by atoms with Gasteiger partial charge in [-0.3, -0.25) is 14.5 Å². The van der Waals surface area contributed by atoms with Gasteiger partial charge in [0.1, 0.15) is 5.82 Å². The zero-order valence-electron chi connectivity index (χ0n) is 16.3. The number of carbonyl (C=O) groups is 2. The number of amides is 2. The number of sulfone groups is 1. The summed E-state index contributed by atoms with van der Waals surface area (Å²) in [5.74, 6) is -1.14. The quantitative estimate of drug-likeness (QED) is 0.676. The molecule has 0 aliphatic carbocycles. The van der Waals surface area contributed by atoms with E-state index in [0.717, 1.165) is 0 Å². The summed E-state index contributed by atoms with van der Waals surface area (Å²) in [6, 6.07) is 4.42. The highest BCUT2D eigenvalue weighted by atomic mass is 35.5. The molecule has 2 fully saturated rings. The average molecular weight is 446 g/mol. The Morgan fingerprint density at radius 2 is 1.93 bits per heavy atom. The largest absolute Gasteiger partial charge is 0.340 e. The first kappa shape index (κ1) is 22.0. The van der Waals surface area contributed by atoms with Crippen molar-refractivity contribution >= 4 is 33.3 Å². The summed E-state index contributed by atoms with van der Waals surface area (Å²) in [5.41, 5.74) is 0.284. The van der Waals surface area contributed by atoms with Gasteiger partial charge in [-0.15, -0.1) is 0 Å². The number of rotatable bonds is 5. The maximum absolute atomic E-state index is 13.9. The normalized spacial score (nSPS) is 21.9. The van der Waals surface area contributed by atoms with Crippen LogP contribution in [0, 0.1) is 11.7 Å². The molecule has 0 bridgehead atoms. The average Bonchev–Trinajstić information content (AvgIpc) is 3.04. The molecule has 2 amide bonds. The molecular formula is C19H25ClFN3O4S. The molecule has 0 radical (unpaired) electrons. The first-order valence-electron chi connectivity index (χ1n) is 9.54. The molecule has 10 heteroatoms. The van der Waals surface area contributed by atoms with Crippen LogP contribution >= 0.6 is 11.6 Å². The zero-order valence-corrected chi connectivity index (χ0v) is 17.9. The van der Waals surface area contributed by atoms with E-state index < -0.39 is 21.6 Å². The predicted molar refractivity (Wildman–Crippen MR) is 108 cm³/mol. The van der Waals surface area contributed by atoms with Crippen molar-refractivity contribution in [2.75, 3.05) is 51.3 Å². The van der Waals surface area contributed by atoms with Crippen LogP contribution < -0.4 is 0 Å². The Morgan fingerprint density at radius 1 is 1.24 bits per heavy atom. The van der Waals surface area contributed by atoms with E-state index in [9.17, 15) is 22.4 Å². The Hall–Kier alpha value is -1.71. The first-order chi connectivity index (χ1) is 13.7. The second-order valence-electron chi connectivity index (χ2n) is 7.65. The van der Waals surface area contributed by atoms with Crippen LogP contribution in [0.4, 0.5) is 4.39 Å². The SMILES string of the molecule is CN(Cc1c(F)cccc1Cl)C(=O)CN1CCN(C(=O)[C@@H]2CCS(=O)(=O)C2)CC1. The first-order valence-corrected chi connectivity index (χ1v) is 11.7. The van der Waals surface area contributed by atoms with Crippen molar-refractivity contribution in [3.63, 3.8) is 0 Å². The lowest BCUT2D eigenvalue weighted by Crippen LogP contribution is -2.52. The van der Waals surface area contributed by atoms with Gasteiger partial charge in [0, 0.05) is 50.4 Å². The van der Waals surface area contributed by atoms with Crippen LogP contribution in [0.25, 0.3) is 0 Å². The van der Waals surface area contributed by atoms with Crippen molar-refractivity contribution in [1.29, 1.82) is 0 Å². The molecule has 7 nitrogen and oxygen atoms in total. The van der Waals surface area contributed by atoms with Crippen LogP contribution in [0.1, 0.15) is 12.0 Å². The van der Waals surface area contributed by atoms with Gasteiger partial charge in [-0.1, -0.05) is 17.7 Å². The van der Waals surface area contributed by atoms with E-state index in [0.29, 0.717) is 32.6 Å². The zero-order chi connectivity index (χ0) is 21.2. The number of benzene rings is 1. The van der Waals surface area contributed by atoms with Crippen LogP contribution in [-0.4, -0.2) is 86.2 Å². The molecule has 160 valence electrons. The third-order valence-corrected chi connectivity index (χ3v) is 7.63. The Balaban J connectivity index is 1.47. The molecule has 2 aliphatic heterocycles. The van der Waals surface area contributed by atoms with Crippen LogP contribution in [-0.2, 0) is 26.0 Å². The van der Waals surface area contributed by atoms with E-state index in [4.69, 9.17) is 11.6 Å². The molecule has 2 heterocycles. The molecule has 1 aromatic carbocycles. The highest BCUT2D eigenvalue weighted by molar-refractivity contribution is 7.91. The standard InChI is InChI=1S/C19H25ClFN3O4S/c1-22(11-15-16(20)3-2-4-17(15)21)18(25)12-23-6-8-24(9-7-23)19(26)14-5-10-29(27,28)13-14/h2-4,14H,5-13H2,1H3/t14-/m1/s1. The highest BCUT2D eigenvalue weighted by Crippen LogP contribution is 2.22. The second kappa shape index (κ2) is 8.97. The fraction of sp³-hybridized carbons (Fsp3) is 0.579. The minimum Gasteiger partial charge on any atom is -0.340 e. The molecule has 3 rings (SSSR count). The Bertz CT molecular complexity index is 867. The smallest absolute Gasteiger partial charge is 0.236 e. The number of carbonyl (C=O) groups excluding carboxylic acids is 2.